The van der Waals surface area contributed by atoms with Crippen molar-refractivity contribution in [3.05, 3.63) is 115 Å². The van der Waals surface area contributed by atoms with Crippen LogP contribution >= 0.6 is 0 Å². The Hall–Kier alpha value is -5.12. The molecular weight excluding hydrogens is 495 g/mol. The number of urea groups is 1. The quantitative estimate of drug-likeness (QED) is 0.237. The zero-order chi connectivity index (χ0) is 26.7. The van der Waals surface area contributed by atoms with Crippen molar-refractivity contribution in [3.8, 4) is 5.69 Å². The molecule has 0 aliphatic rings. The van der Waals surface area contributed by atoms with Crippen molar-refractivity contribution >= 4 is 40.0 Å². The summed E-state index contributed by atoms with van der Waals surface area (Å²) in [7, 11) is 0. The van der Waals surface area contributed by atoms with E-state index >= 15 is 0 Å². The summed E-state index contributed by atoms with van der Waals surface area (Å²) in [5.74, 6) is 0.164. The summed E-state index contributed by atoms with van der Waals surface area (Å²) in [4.78, 5) is 29.2. The first-order chi connectivity index (χ1) is 18.3. The number of carbonyl (C=O) groups excluding carboxylic acids is 2. The van der Waals surface area contributed by atoms with Gasteiger partial charge in [-0.3, -0.25) is 4.79 Å². The number of alkyl halides is 3. The second-order valence-corrected chi connectivity index (χ2v) is 8.30. The molecule has 5 rings (SSSR count). The standard InChI is InChI=1S/C28H20F3N5O2/c29-28(30,31)19-7-4-8-21(17-19)34-27(38)33-20-9-11-22(12-10-20)36-16-14-23-24(36)13-15-32-25(23)35-26(37)18-5-2-1-3-6-18/h1-17H,(H,32,35,37)(H2,33,34,38). The molecule has 0 radical (unpaired) electrons. The van der Waals surface area contributed by atoms with Gasteiger partial charge in [0.1, 0.15) is 5.82 Å². The summed E-state index contributed by atoms with van der Waals surface area (Å²) in [6.07, 6.45) is -1.06. The molecule has 3 N–H and O–H groups in total. The van der Waals surface area contributed by atoms with Gasteiger partial charge in [0.15, 0.2) is 0 Å². The molecule has 3 amide bonds. The fourth-order valence-corrected chi connectivity index (χ4v) is 3.93. The van der Waals surface area contributed by atoms with E-state index in [0.717, 1.165) is 28.7 Å². The van der Waals surface area contributed by atoms with E-state index in [0.29, 0.717) is 17.1 Å². The Balaban J connectivity index is 1.29. The zero-order valence-electron chi connectivity index (χ0n) is 19.7. The average molecular weight is 515 g/mol. The molecule has 190 valence electrons. The molecule has 0 bridgehead atoms. The number of hydrogen-bond donors (Lipinski definition) is 3. The van der Waals surface area contributed by atoms with E-state index in [1.807, 2.05) is 29.0 Å². The van der Waals surface area contributed by atoms with Gasteiger partial charge in [0.05, 0.1) is 11.1 Å². The molecule has 0 saturated carbocycles. The maximum Gasteiger partial charge on any atom is 0.416 e. The number of hydrogen-bond acceptors (Lipinski definition) is 3. The molecule has 2 aromatic heterocycles. The summed E-state index contributed by atoms with van der Waals surface area (Å²) in [6, 6.07) is 23.1. The number of halogens is 3. The van der Waals surface area contributed by atoms with E-state index in [4.69, 9.17) is 0 Å². The van der Waals surface area contributed by atoms with E-state index in [1.54, 1.807) is 54.7 Å². The van der Waals surface area contributed by atoms with Gasteiger partial charge in [-0.2, -0.15) is 13.2 Å². The van der Waals surface area contributed by atoms with Gasteiger partial charge >= 0.3 is 12.2 Å². The van der Waals surface area contributed by atoms with Crippen molar-refractivity contribution in [1.82, 2.24) is 9.55 Å². The van der Waals surface area contributed by atoms with Gasteiger partial charge in [-0.05, 0) is 66.7 Å². The van der Waals surface area contributed by atoms with Crippen LogP contribution in [0.1, 0.15) is 15.9 Å². The Morgan fingerprint density at radius 2 is 1.50 bits per heavy atom. The highest BCUT2D eigenvalue weighted by Crippen LogP contribution is 2.31. The third-order valence-corrected chi connectivity index (χ3v) is 5.74. The molecule has 0 saturated heterocycles. The topological polar surface area (TPSA) is 88.1 Å². The largest absolute Gasteiger partial charge is 0.416 e. The van der Waals surface area contributed by atoms with Crippen LogP contribution in [0.25, 0.3) is 16.6 Å². The van der Waals surface area contributed by atoms with Gasteiger partial charge in [0.2, 0.25) is 0 Å². The van der Waals surface area contributed by atoms with Crippen LogP contribution in [-0.2, 0) is 6.18 Å². The second kappa shape index (κ2) is 10.1. The average Bonchev–Trinajstić information content (AvgIpc) is 3.34. The van der Waals surface area contributed by atoms with Crippen LogP contribution in [0.4, 0.5) is 35.2 Å². The minimum Gasteiger partial charge on any atom is -0.316 e. The highest BCUT2D eigenvalue weighted by Gasteiger charge is 2.30. The summed E-state index contributed by atoms with van der Waals surface area (Å²) in [5.41, 5.74) is 1.74. The number of carbonyl (C=O) groups is 2. The van der Waals surface area contributed by atoms with Crippen LogP contribution in [0, 0.1) is 0 Å². The lowest BCUT2D eigenvalue weighted by molar-refractivity contribution is -0.137. The minimum absolute atomic E-state index is 0.0246. The lowest BCUT2D eigenvalue weighted by atomic mass is 10.2. The Morgan fingerprint density at radius 3 is 2.24 bits per heavy atom. The van der Waals surface area contributed by atoms with Crippen LogP contribution in [-0.4, -0.2) is 21.5 Å². The van der Waals surface area contributed by atoms with Crippen molar-refractivity contribution in [3.63, 3.8) is 0 Å². The monoisotopic (exact) mass is 515 g/mol. The van der Waals surface area contributed by atoms with Crippen LogP contribution in [0.2, 0.25) is 0 Å². The number of aromatic nitrogens is 2. The smallest absolute Gasteiger partial charge is 0.316 e. The van der Waals surface area contributed by atoms with E-state index in [1.165, 1.54) is 12.1 Å². The molecule has 0 aliphatic heterocycles. The maximum absolute atomic E-state index is 12.9. The number of nitrogens with zero attached hydrogens (tertiary/aromatic N) is 2. The molecule has 0 aliphatic carbocycles. The zero-order valence-corrected chi connectivity index (χ0v) is 19.7. The fourth-order valence-electron chi connectivity index (χ4n) is 3.93. The number of rotatable bonds is 5. The number of benzene rings is 3. The summed E-state index contributed by atoms with van der Waals surface area (Å²) < 4.78 is 40.6. The van der Waals surface area contributed by atoms with Gasteiger partial charge < -0.3 is 20.5 Å². The predicted molar refractivity (Wildman–Crippen MR) is 140 cm³/mol. The van der Waals surface area contributed by atoms with E-state index < -0.39 is 17.8 Å². The Kier molecular flexibility index (Phi) is 6.53. The normalized spacial score (nSPS) is 11.2. The molecule has 3 aromatic carbocycles. The van der Waals surface area contributed by atoms with Gasteiger partial charge in [-0.25, -0.2) is 9.78 Å². The highest BCUT2D eigenvalue weighted by atomic mass is 19.4. The predicted octanol–water partition coefficient (Wildman–Crippen LogP) is 6.94. The van der Waals surface area contributed by atoms with Crippen LogP contribution in [0.15, 0.2) is 103 Å². The molecule has 38 heavy (non-hydrogen) atoms. The first kappa shape index (κ1) is 24.6. The van der Waals surface area contributed by atoms with Crippen molar-refractivity contribution in [2.24, 2.45) is 0 Å². The summed E-state index contributed by atoms with van der Waals surface area (Å²) in [5, 5.41) is 8.61. The van der Waals surface area contributed by atoms with Crippen molar-refractivity contribution < 1.29 is 22.8 Å². The van der Waals surface area contributed by atoms with Gasteiger partial charge in [-0.1, -0.05) is 24.3 Å². The number of pyridine rings is 1. The maximum atomic E-state index is 12.9. The first-order valence-electron chi connectivity index (χ1n) is 11.5. The number of anilines is 3. The van der Waals surface area contributed by atoms with E-state index in [-0.39, 0.29) is 11.6 Å². The summed E-state index contributed by atoms with van der Waals surface area (Å²) in [6.45, 7) is 0. The van der Waals surface area contributed by atoms with E-state index in [2.05, 4.69) is 20.9 Å². The van der Waals surface area contributed by atoms with Crippen molar-refractivity contribution in [2.45, 2.75) is 6.18 Å². The number of amides is 3. The molecule has 7 nitrogen and oxygen atoms in total. The molecule has 0 spiro atoms. The number of nitrogens with one attached hydrogen (secondary N) is 3. The van der Waals surface area contributed by atoms with Crippen molar-refractivity contribution in [1.29, 1.82) is 0 Å². The lowest BCUT2D eigenvalue weighted by Gasteiger charge is -2.12. The van der Waals surface area contributed by atoms with E-state index in [9.17, 15) is 22.8 Å². The molecule has 0 fully saturated rings. The lowest BCUT2D eigenvalue weighted by Crippen LogP contribution is -2.19. The van der Waals surface area contributed by atoms with Crippen LogP contribution in [0.3, 0.4) is 0 Å². The molecule has 0 unspecified atom stereocenters. The van der Waals surface area contributed by atoms with Crippen LogP contribution < -0.4 is 16.0 Å². The fraction of sp³-hybridized carbons (Fsp3) is 0.0357. The van der Waals surface area contributed by atoms with Gasteiger partial charge in [-0.15, -0.1) is 0 Å². The Bertz CT molecular complexity index is 1610. The summed E-state index contributed by atoms with van der Waals surface area (Å²) >= 11 is 0. The SMILES string of the molecule is O=C(Nc1ccc(-n2ccc3c(NC(=O)c4ccccc4)nccc32)cc1)Nc1cccc(C(F)(F)F)c1. The third kappa shape index (κ3) is 5.34. The molecule has 0 atom stereocenters. The van der Waals surface area contributed by atoms with Gasteiger partial charge in [0, 0.05) is 40.4 Å². The van der Waals surface area contributed by atoms with Crippen molar-refractivity contribution in [2.75, 3.05) is 16.0 Å². The molecule has 2 heterocycles. The Morgan fingerprint density at radius 1 is 0.763 bits per heavy atom. The van der Waals surface area contributed by atoms with Gasteiger partial charge in [0.25, 0.3) is 5.91 Å². The second-order valence-electron chi connectivity index (χ2n) is 8.30. The minimum atomic E-state index is -4.50. The van der Waals surface area contributed by atoms with Crippen LogP contribution in [0.5, 0.6) is 0 Å². The number of fused-ring (bicyclic) bond motifs is 1. The Labute approximate surface area is 214 Å². The highest BCUT2D eigenvalue weighted by molar-refractivity contribution is 6.08. The molecule has 5 aromatic rings. The molecular formula is C28H20F3N5O2. The third-order valence-electron chi connectivity index (χ3n) is 5.74. The molecule has 10 heteroatoms. The first-order valence-corrected chi connectivity index (χ1v) is 11.5.